The van der Waals surface area contributed by atoms with Crippen LogP contribution in [0.1, 0.15) is 55.3 Å². The zero-order chi connectivity index (χ0) is 26.6. The smallest absolute Gasteiger partial charge is 0.266 e. The molecule has 2 aromatic carbocycles. The molecule has 0 aliphatic heterocycles. The number of aliphatic hydroxyl groups is 2. The molecule has 0 saturated carbocycles. The van der Waals surface area contributed by atoms with Crippen molar-refractivity contribution in [1.82, 2.24) is 4.57 Å². The van der Waals surface area contributed by atoms with Crippen molar-refractivity contribution in [3.63, 3.8) is 0 Å². The molecule has 192 valence electrons. The molecule has 0 spiro atoms. The number of carboxylic acids is 1. The number of aliphatic hydroxyl groups excluding tert-OH is 2. The van der Waals surface area contributed by atoms with Crippen LogP contribution in [0, 0.1) is 11.6 Å². The summed E-state index contributed by atoms with van der Waals surface area (Å²) < 4.78 is 29.2. The first-order valence-corrected chi connectivity index (χ1v) is 11.6. The van der Waals surface area contributed by atoms with Gasteiger partial charge in [0.15, 0.2) is 0 Å². The van der Waals surface area contributed by atoms with Gasteiger partial charge in [0.25, 0.3) is 5.91 Å². The van der Waals surface area contributed by atoms with Crippen molar-refractivity contribution in [1.29, 1.82) is 0 Å². The third-order valence-electron chi connectivity index (χ3n) is 5.98. The number of carboxylic acid groups (broad SMARTS) is 1. The summed E-state index contributed by atoms with van der Waals surface area (Å²) in [7, 11) is 0. The quantitative estimate of drug-likeness (QED) is 0.374. The molecule has 0 unspecified atom stereocenters. The maximum absolute atomic E-state index is 13.8. The number of carbonyl (C=O) groups is 2. The fraction of sp³-hybridized carbons (Fsp3) is 0.333. The molecular weight excluding hydrogens is 470 g/mol. The van der Waals surface area contributed by atoms with Crippen molar-refractivity contribution in [2.45, 2.75) is 57.8 Å². The molecule has 0 bridgehead atoms. The van der Waals surface area contributed by atoms with E-state index in [0.717, 1.165) is 0 Å². The van der Waals surface area contributed by atoms with Crippen LogP contribution in [0.15, 0.2) is 48.5 Å². The molecule has 0 aliphatic carbocycles. The Balaban J connectivity index is 2.18. The summed E-state index contributed by atoms with van der Waals surface area (Å²) in [5.41, 5.74) is 8.85. The topological polar surface area (TPSA) is 129 Å². The maximum Gasteiger partial charge on any atom is 0.266 e. The van der Waals surface area contributed by atoms with Crippen LogP contribution in [-0.4, -0.2) is 38.9 Å². The molecule has 7 nitrogen and oxygen atoms in total. The molecule has 4 N–H and O–H groups in total. The molecule has 0 fully saturated rings. The number of carbonyl (C=O) groups excluding carboxylic acids is 2. The van der Waals surface area contributed by atoms with E-state index < -0.39 is 42.1 Å². The van der Waals surface area contributed by atoms with Crippen molar-refractivity contribution < 1.29 is 33.7 Å². The number of rotatable bonds is 11. The maximum atomic E-state index is 13.8. The zero-order valence-electron chi connectivity index (χ0n) is 20.1. The second-order valence-electron chi connectivity index (χ2n) is 9.05. The predicted octanol–water partition coefficient (Wildman–Crippen LogP) is 2.96. The second kappa shape index (κ2) is 11.5. The Hall–Kier alpha value is -3.56. The summed E-state index contributed by atoms with van der Waals surface area (Å²) in [5, 5.41) is 31.1. The molecule has 0 radical (unpaired) electrons. The average Bonchev–Trinajstić information content (AvgIpc) is 3.14. The number of aliphatic carboxylic acids is 1. The fourth-order valence-corrected chi connectivity index (χ4v) is 4.53. The first-order chi connectivity index (χ1) is 17.0. The summed E-state index contributed by atoms with van der Waals surface area (Å²) in [4.78, 5) is 23.5. The molecule has 9 heteroatoms. The van der Waals surface area contributed by atoms with Gasteiger partial charge in [-0.3, -0.25) is 4.79 Å². The summed E-state index contributed by atoms with van der Waals surface area (Å²) in [6, 6.07) is 11.1. The number of hydrogen-bond donors (Lipinski definition) is 3. The van der Waals surface area contributed by atoms with Crippen LogP contribution >= 0.6 is 0 Å². The first kappa shape index (κ1) is 27.0. The van der Waals surface area contributed by atoms with Gasteiger partial charge in [0.1, 0.15) is 17.3 Å². The summed E-state index contributed by atoms with van der Waals surface area (Å²) in [6.45, 7) is 3.72. The van der Waals surface area contributed by atoms with E-state index in [9.17, 15) is 33.7 Å². The highest BCUT2D eigenvalue weighted by Gasteiger charge is 2.29. The number of primary amides is 1. The van der Waals surface area contributed by atoms with Crippen molar-refractivity contribution in [2.75, 3.05) is 0 Å². The normalized spacial score (nSPS) is 13.1. The van der Waals surface area contributed by atoms with Gasteiger partial charge in [-0.2, -0.15) is 0 Å². The van der Waals surface area contributed by atoms with Crippen LogP contribution in [0.5, 0.6) is 0 Å². The minimum Gasteiger partial charge on any atom is -0.550 e. The highest BCUT2D eigenvalue weighted by molar-refractivity contribution is 6.04. The molecule has 0 aliphatic rings. The molecule has 1 heterocycles. The van der Waals surface area contributed by atoms with Crippen LogP contribution in [0.3, 0.4) is 0 Å². The van der Waals surface area contributed by atoms with Crippen LogP contribution < -0.4 is 10.8 Å². The summed E-state index contributed by atoms with van der Waals surface area (Å²) in [6.07, 6.45) is -2.71. The predicted molar refractivity (Wildman–Crippen MR) is 129 cm³/mol. The lowest BCUT2D eigenvalue weighted by Crippen LogP contribution is -2.29. The standard InChI is InChI=1S/C27H30F2N2O5/c1-15(2)31-22(12-11-20(32)13-21(33)14-23(34)35)24(16-3-7-18(28)8-4-16)25(26(31)27(30)36)17-5-9-19(29)10-6-17/h3-10,15,20-21,32-33H,11-14H2,1-2H3,(H2,30,36)(H,34,35)/p-1/t20-,21-/m1/s1. The average molecular weight is 500 g/mol. The molecule has 3 aromatic rings. The number of hydrogen-bond acceptors (Lipinski definition) is 5. The molecule has 36 heavy (non-hydrogen) atoms. The Bertz CT molecular complexity index is 1220. The van der Waals surface area contributed by atoms with Gasteiger partial charge in [-0.1, -0.05) is 24.3 Å². The monoisotopic (exact) mass is 499 g/mol. The minimum absolute atomic E-state index is 0.135. The lowest BCUT2D eigenvalue weighted by Gasteiger charge is -2.20. The van der Waals surface area contributed by atoms with Crippen LogP contribution in [0.25, 0.3) is 22.3 Å². The Labute approximate surface area is 207 Å². The lowest BCUT2D eigenvalue weighted by molar-refractivity contribution is -0.307. The fourth-order valence-electron chi connectivity index (χ4n) is 4.53. The SMILES string of the molecule is CC(C)n1c(CC[C@@H](O)C[C@@H](O)CC(=O)[O-])c(-c2ccc(F)cc2)c(-c2ccc(F)cc2)c1C(N)=O. The van der Waals surface area contributed by atoms with Crippen LogP contribution in [0.2, 0.25) is 0 Å². The van der Waals surface area contributed by atoms with Crippen molar-refractivity contribution in [3.8, 4) is 22.3 Å². The number of nitrogens with two attached hydrogens (primary N) is 1. The van der Waals surface area contributed by atoms with Crippen molar-refractivity contribution in [2.24, 2.45) is 5.73 Å². The first-order valence-electron chi connectivity index (χ1n) is 11.6. The Morgan fingerprint density at radius 2 is 1.42 bits per heavy atom. The molecular formula is C27H29F2N2O5-. The van der Waals surface area contributed by atoms with Crippen LogP contribution in [-0.2, 0) is 11.2 Å². The van der Waals surface area contributed by atoms with E-state index in [2.05, 4.69) is 0 Å². The van der Waals surface area contributed by atoms with E-state index in [4.69, 9.17) is 5.73 Å². The third-order valence-corrected chi connectivity index (χ3v) is 5.98. The molecule has 3 rings (SSSR count). The largest absolute Gasteiger partial charge is 0.550 e. The highest BCUT2D eigenvalue weighted by Crippen LogP contribution is 2.42. The van der Waals surface area contributed by atoms with E-state index in [1.807, 2.05) is 13.8 Å². The molecule has 0 saturated heterocycles. The van der Waals surface area contributed by atoms with Gasteiger partial charge in [-0.25, -0.2) is 8.78 Å². The number of amides is 1. The number of halogens is 2. The van der Waals surface area contributed by atoms with Gasteiger partial charge in [0.05, 0.1) is 12.2 Å². The van der Waals surface area contributed by atoms with Gasteiger partial charge in [0, 0.05) is 35.3 Å². The van der Waals surface area contributed by atoms with E-state index >= 15 is 0 Å². The van der Waals surface area contributed by atoms with Crippen molar-refractivity contribution >= 4 is 11.9 Å². The second-order valence-corrected chi connectivity index (χ2v) is 9.05. The molecule has 2 atom stereocenters. The Kier molecular flexibility index (Phi) is 8.60. The minimum atomic E-state index is -1.42. The van der Waals surface area contributed by atoms with E-state index in [1.165, 1.54) is 36.4 Å². The number of benzene rings is 2. The van der Waals surface area contributed by atoms with E-state index in [1.54, 1.807) is 16.7 Å². The zero-order valence-corrected chi connectivity index (χ0v) is 20.1. The number of aromatic nitrogens is 1. The number of nitrogens with zero attached hydrogens (tertiary/aromatic N) is 1. The summed E-state index contributed by atoms with van der Waals surface area (Å²) >= 11 is 0. The summed E-state index contributed by atoms with van der Waals surface area (Å²) in [5.74, 6) is -3.02. The van der Waals surface area contributed by atoms with Gasteiger partial charge < -0.3 is 30.4 Å². The van der Waals surface area contributed by atoms with E-state index in [-0.39, 0.29) is 31.0 Å². The molecule has 1 amide bonds. The third kappa shape index (κ3) is 6.16. The Morgan fingerprint density at radius 3 is 1.86 bits per heavy atom. The molecule has 1 aromatic heterocycles. The van der Waals surface area contributed by atoms with Gasteiger partial charge in [-0.15, -0.1) is 0 Å². The Morgan fingerprint density at radius 1 is 0.917 bits per heavy atom. The van der Waals surface area contributed by atoms with Crippen molar-refractivity contribution in [3.05, 3.63) is 71.6 Å². The van der Waals surface area contributed by atoms with E-state index in [0.29, 0.717) is 27.9 Å². The highest BCUT2D eigenvalue weighted by atomic mass is 19.1. The van der Waals surface area contributed by atoms with Gasteiger partial charge >= 0.3 is 0 Å². The van der Waals surface area contributed by atoms with Gasteiger partial charge in [-0.05, 0) is 68.5 Å². The van der Waals surface area contributed by atoms with Gasteiger partial charge in [0.2, 0.25) is 0 Å². The lowest BCUT2D eigenvalue weighted by atomic mass is 9.92. The van der Waals surface area contributed by atoms with Crippen LogP contribution in [0.4, 0.5) is 8.78 Å².